The number of pyridine rings is 1. The summed E-state index contributed by atoms with van der Waals surface area (Å²) in [4.78, 5) is 15.3. The molecule has 0 saturated heterocycles. The number of halogens is 1. The van der Waals surface area contributed by atoms with E-state index in [2.05, 4.69) is 10.1 Å². The third-order valence-electron chi connectivity index (χ3n) is 3.53. The van der Waals surface area contributed by atoms with Crippen LogP contribution in [0, 0.1) is 5.82 Å². The Balaban J connectivity index is 2.04. The predicted molar refractivity (Wildman–Crippen MR) is 82.6 cm³/mol. The van der Waals surface area contributed by atoms with Gasteiger partial charge in [-0.25, -0.2) is 9.18 Å². The summed E-state index contributed by atoms with van der Waals surface area (Å²) in [6.07, 6.45) is 5.06. The second-order valence-electron chi connectivity index (χ2n) is 5.19. The molecule has 0 aliphatic rings. The average Bonchev–Trinajstić information content (AvgIpc) is 2.88. The molecule has 116 valence electrons. The normalized spacial score (nSPS) is 10.7. The number of hydrogen-bond donors (Lipinski definition) is 1. The molecule has 0 bridgehead atoms. The van der Waals surface area contributed by atoms with Gasteiger partial charge in [0.15, 0.2) is 0 Å². The van der Waals surface area contributed by atoms with Crippen molar-refractivity contribution < 1.29 is 14.3 Å². The van der Waals surface area contributed by atoms with Crippen molar-refractivity contribution in [1.82, 2.24) is 14.8 Å². The third-order valence-corrected chi connectivity index (χ3v) is 3.53. The van der Waals surface area contributed by atoms with Crippen LogP contribution in [0.4, 0.5) is 4.39 Å². The van der Waals surface area contributed by atoms with Crippen molar-refractivity contribution in [2.24, 2.45) is 7.05 Å². The summed E-state index contributed by atoms with van der Waals surface area (Å²) in [7, 11) is 1.77. The van der Waals surface area contributed by atoms with Gasteiger partial charge >= 0.3 is 5.97 Å². The van der Waals surface area contributed by atoms with Crippen LogP contribution in [-0.4, -0.2) is 25.8 Å². The Morgan fingerprint density at radius 2 is 2.17 bits per heavy atom. The van der Waals surface area contributed by atoms with Crippen LogP contribution < -0.4 is 0 Å². The zero-order valence-electron chi connectivity index (χ0n) is 12.4. The maximum absolute atomic E-state index is 13.5. The lowest BCUT2D eigenvalue weighted by atomic mass is 10.00. The van der Waals surface area contributed by atoms with Gasteiger partial charge in [-0.05, 0) is 29.3 Å². The molecule has 0 unspecified atom stereocenters. The Hall–Kier alpha value is -3.02. The van der Waals surface area contributed by atoms with Crippen LogP contribution in [0.5, 0.6) is 0 Å². The van der Waals surface area contributed by atoms with Crippen LogP contribution in [0.1, 0.15) is 21.6 Å². The van der Waals surface area contributed by atoms with Crippen molar-refractivity contribution in [2.45, 2.75) is 6.42 Å². The molecule has 1 aromatic carbocycles. The van der Waals surface area contributed by atoms with Crippen molar-refractivity contribution in [3.05, 3.63) is 71.6 Å². The second-order valence-corrected chi connectivity index (χ2v) is 5.19. The van der Waals surface area contributed by atoms with Crippen LogP contribution in [-0.2, 0) is 13.5 Å². The van der Waals surface area contributed by atoms with E-state index in [1.165, 1.54) is 30.6 Å². The van der Waals surface area contributed by atoms with E-state index < -0.39 is 5.97 Å². The Kier molecular flexibility index (Phi) is 3.89. The van der Waals surface area contributed by atoms with Gasteiger partial charge in [-0.3, -0.25) is 9.67 Å². The maximum Gasteiger partial charge on any atom is 0.336 e. The highest BCUT2D eigenvalue weighted by Gasteiger charge is 2.15. The second kappa shape index (κ2) is 6.00. The van der Waals surface area contributed by atoms with Crippen molar-refractivity contribution >= 4 is 5.97 Å². The topological polar surface area (TPSA) is 68.0 Å². The molecule has 0 aliphatic heterocycles. The molecule has 23 heavy (non-hydrogen) atoms. The first-order valence-corrected chi connectivity index (χ1v) is 6.99. The lowest BCUT2D eigenvalue weighted by Crippen LogP contribution is -2.04. The van der Waals surface area contributed by atoms with E-state index in [0.29, 0.717) is 23.2 Å². The van der Waals surface area contributed by atoms with Gasteiger partial charge in [0.1, 0.15) is 5.82 Å². The highest BCUT2D eigenvalue weighted by Crippen LogP contribution is 2.26. The highest BCUT2D eigenvalue weighted by molar-refractivity contribution is 5.89. The lowest BCUT2D eigenvalue weighted by Gasteiger charge is -2.06. The molecule has 3 rings (SSSR count). The molecule has 0 aliphatic carbocycles. The van der Waals surface area contributed by atoms with E-state index in [9.17, 15) is 14.3 Å². The fourth-order valence-electron chi connectivity index (χ4n) is 2.52. The average molecular weight is 311 g/mol. The molecule has 0 radical (unpaired) electrons. The van der Waals surface area contributed by atoms with Crippen molar-refractivity contribution in [3.8, 4) is 11.1 Å². The van der Waals surface area contributed by atoms with Crippen molar-refractivity contribution in [3.63, 3.8) is 0 Å². The maximum atomic E-state index is 13.5. The number of aryl methyl sites for hydroxylation is 1. The quantitative estimate of drug-likeness (QED) is 0.804. The molecule has 0 saturated carbocycles. The first-order chi connectivity index (χ1) is 11.0. The summed E-state index contributed by atoms with van der Waals surface area (Å²) < 4.78 is 15.1. The summed E-state index contributed by atoms with van der Waals surface area (Å²) in [5.41, 5.74) is 2.90. The third kappa shape index (κ3) is 3.11. The number of carboxylic acids is 1. The number of carbonyl (C=O) groups is 1. The molecular formula is C17H14FN3O2. The van der Waals surface area contributed by atoms with E-state index in [0.717, 1.165) is 5.56 Å². The molecule has 3 aromatic rings. The Bertz CT molecular complexity index is 874. The van der Waals surface area contributed by atoms with E-state index in [1.807, 2.05) is 0 Å². The van der Waals surface area contributed by atoms with E-state index in [-0.39, 0.29) is 11.4 Å². The number of nitrogens with zero attached hydrogens (tertiary/aromatic N) is 3. The predicted octanol–water partition coefficient (Wildman–Crippen LogP) is 2.91. The van der Waals surface area contributed by atoms with Gasteiger partial charge < -0.3 is 5.11 Å². The fraction of sp³-hybridized carbons (Fsp3) is 0.118. The molecule has 0 amide bonds. The molecule has 0 fully saturated rings. The molecule has 6 heteroatoms. The minimum atomic E-state index is -1.01. The molecule has 5 nitrogen and oxygen atoms in total. The van der Waals surface area contributed by atoms with Crippen LogP contribution in [0.25, 0.3) is 11.1 Å². The van der Waals surface area contributed by atoms with Crippen molar-refractivity contribution in [2.75, 3.05) is 0 Å². The summed E-state index contributed by atoms with van der Waals surface area (Å²) in [5.74, 6) is -1.34. The van der Waals surface area contributed by atoms with E-state index in [1.54, 1.807) is 30.1 Å². The van der Waals surface area contributed by atoms with E-state index in [4.69, 9.17) is 0 Å². The number of carboxylic acid groups (broad SMARTS) is 1. The number of rotatable bonds is 4. The molecule has 2 heterocycles. The largest absolute Gasteiger partial charge is 0.478 e. The lowest BCUT2D eigenvalue weighted by molar-refractivity contribution is 0.0695. The van der Waals surface area contributed by atoms with Crippen LogP contribution in [0.3, 0.4) is 0 Å². The summed E-state index contributed by atoms with van der Waals surface area (Å²) >= 11 is 0. The molecule has 1 N–H and O–H groups in total. The van der Waals surface area contributed by atoms with Crippen LogP contribution in [0.2, 0.25) is 0 Å². The van der Waals surface area contributed by atoms with Gasteiger partial charge in [0, 0.05) is 37.6 Å². The van der Waals surface area contributed by atoms with Gasteiger partial charge in [-0.15, -0.1) is 0 Å². The number of hydrogen-bond acceptors (Lipinski definition) is 3. The Morgan fingerprint density at radius 3 is 2.91 bits per heavy atom. The summed E-state index contributed by atoms with van der Waals surface area (Å²) in [6, 6.07) is 7.70. The zero-order chi connectivity index (χ0) is 16.4. The number of aromatic carboxylic acids is 1. The standard InChI is InChI=1S/C17H14FN3O2/c1-21-10-15(11-3-2-4-13(18)7-11)16(20-21)8-12-9-19-6-5-14(12)17(22)23/h2-7,9-10H,8H2,1H3,(H,22,23). The Morgan fingerprint density at radius 1 is 1.35 bits per heavy atom. The van der Waals surface area contributed by atoms with Crippen LogP contribution >= 0.6 is 0 Å². The monoisotopic (exact) mass is 311 g/mol. The fourth-order valence-corrected chi connectivity index (χ4v) is 2.52. The molecular weight excluding hydrogens is 297 g/mol. The van der Waals surface area contributed by atoms with Crippen molar-refractivity contribution in [1.29, 1.82) is 0 Å². The van der Waals surface area contributed by atoms with E-state index >= 15 is 0 Å². The van der Waals surface area contributed by atoms with Gasteiger partial charge in [0.2, 0.25) is 0 Å². The molecule has 0 atom stereocenters. The van der Waals surface area contributed by atoms with Gasteiger partial charge in [0.05, 0.1) is 11.3 Å². The number of benzene rings is 1. The molecule has 2 aromatic heterocycles. The SMILES string of the molecule is Cn1cc(-c2cccc(F)c2)c(Cc2cnccc2C(=O)O)n1. The number of aromatic nitrogens is 3. The smallest absolute Gasteiger partial charge is 0.336 e. The summed E-state index contributed by atoms with van der Waals surface area (Å²) in [6.45, 7) is 0. The van der Waals surface area contributed by atoms with Gasteiger partial charge in [-0.2, -0.15) is 5.10 Å². The Labute approximate surface area is 132 Å². The zero-order valence-corrected chi connectivity index (χ0v) is 12.4. The van der Waals surface area contributed by atoms with Gasteiger partial charge in [-0.1, -0.05) is 12.1 Å². The minimum Gasteiger partial charge on any atom is -0.478 e. The first-order valence-electron chi connectivity index (χ1n) is 6.99. The first kappa shape index (κ1) is 14.9. The van der Waals surface area contributed by atoms with Gasteiger partial charge in [0.25, 0.3) is 0 Å². The minimum absolute atomic E-state index is 0.191. The van der Waals surface area contributed by atoms with Crippen LogP contribution in [0.15, 0.2) is 48.9 Å². The summed E-state index contributed by atoms with van der Waals surface area (Å²) in [5, 5.41) is 13.7. The molecule has 0 spiro atoms. The highest BCUT2D eigenvalue weighted by atomic mass is 19.1.